The average Bonchev–Trinajstić information content (AvgIpc) is 2.29. The van der Waals surface area contributed by atoms with E-state index in [-0.39, 0.29) is 0 Å². The second-order valence-corrected chi connectivity index (χ2v) is 5.61. The first-order chi connectivity index (χ1) is 7.66. The molecule has 3 heteroatoms. The van der Waals surface area contributed by atoms with Crippen molar-refractivity contribution < 1.29 is 0 Å². The summed E-state index contributed by atoms with van der Waals surface area (Å²) in [4.78, 5) is 7.64. The minimum Gasteiger partial charge on any atom is -0.335 e. The molecule has 1 aliphatic rings. The van der Waals surface area contributed by atoms with Gasteiger partial charge in [-0.3, -0.25) is 0 Å². The van der Waals surface area contributed by atoms with Crippen molar-refractivity contribution in [3.05, 3.63) is 22.7 Å². The van der Waals surface area contributed by atoms with Gasteiger partial charge in [0.25, 0.3) is 0 Å². The molecule has 1 N–H and O–H groups in total. The zero-order valence-electron chi connectivity index (χ0n) is 10.1. The van der Waals surface area contributed by atoms with Crippen molar-refractivity contribution in [1.29, 1.82) is 0 Å². The molecule has 88 valence electrons. The third kappa shape index (κ3) is 2.70. The molecule has 0 spiro atoms. The number of aromatic amines is 1. The number of hydrogen-bond acceptors (Lipinski definition) is 2. The van der Waals surface area contributed by atoms with E-state index in [0.717, 1.165) is 22.3 Å². The first-order valence-corrected chi connectivity index (χ1v) is 6.63. The largest absolute Gasteiger partial charge is 0.335 e. The second kappa shape index (κ2) is 5.09. The van der Waals surface area contributed by atoms with Crippen molar-refractivity contribution in [3.8, 4) is 0 Å². The second-order valence-electron chi connectivity index (χ2n) is 5.18. The summed E-state index contributed by atoms with van der Waals surface area (Å²) in [6.45, 7) is 4.67. The molecule has 0 bridgehead atoms. The Hall–Kier alpha value is -0.700. The van der Waals surface area contributed by atoms with E-state index in [2.05, 4.69) is 23.8 Å². The molecule has 2 nitrogen and oxygen atoms in total. The zero-order chi connectivity index (χ0) is 11.5. The summed E-state index contributed by atoms with van der Waals surface area (Å²) in [5, 5.41) is 0. The Balaban J connectivity index is 2.02. The van der Waals surface area contributed by atoms with Gasteiger partial charge in [-0.15, -0.1) is 0 Å². The number of hydrogen-bond donors (Lipinski definition) is 1. The lowest BCUT2D eigenvalue weighted by Crippen LogP contribution is -2.18. The lowest BCUT2D eigenvalue weighted by atomic mass is 9.77. The quantitative estimate of drug-likeness (QED) is 0.784. The Morgan fingerprint density at radius 3 is 2.56 bits per heavy atom. The van der Waals surface area contributed by atoms with Crippen LogP contribution in [-0.2, 0) is 0 Å². The van der Waals surface area contributed by atoms with E-state index in [0.29, 0.717) is 5.92 Å². The SMILES string of the molecule is CC(C)C1CCC(c2nccc(=S)[nH]2)CC1. The smallest absolute Gasteiger partial charge is 0.110 e. The number of nitrogens with one attached hydrogen (secondary N) is 1. The van der Waals surface area contributed by atoms with Crippen LogP contribution in [-0.4, -0.2) is 9.97 Å². The van der Waals surface area contributed by atoms with Crippen molar-refractivity contribution in [2.75, 3.05) is 0 Å². The summed E-state index contributed by atoms with van der Waals surface area (Å²) >= 11 is 5.14. The molecular weight excluding hydrogens is 216 g/mol. The van der Waals surface area contributed by atoms with Gasteiger partial charge in [0.2, 0.25) is 0 Å². The number of nitrogens with zero attached hydrogens (tertiary/aromatic N) is 1. The molecule has 1 heterocycles. The van der Waals surface area contributed by atoms with Crippen molar-refractivity contribution in [2.24, 2.45) is 11.8 Å². The topological polar surface area (TPSA) is 28.7 Å². The predicted molar refractivity (Wildman–Crippen MR) is 69.0 cm³/mol. The summed E-state index contributed by atoms with van der Waals surface area (Å²) in [6.07, 6.45) is 7.00. The third-order valence-electron chi connectivity index (χ3n) is 3.79. The maximum Gasteiger partial charge on any atom is 0.110 e. The highest BCUT2D eigenvalue weighted by Crippen LogP contribution is 2.37. The summed E-state index contributed by atoms with van der Waals surface area (Å²) < 4.78 is 0.802. The van der Waals surface area contributed by atoms with Gasteiger partial charge < -0.3 is 4.98 Å². The number of H-pyrrole nitrogens is 1. The Morgan fingerprint density at radius 2 is 2.00 bits per heavy atom. The van der Waals surface area contributed by atoms with Gasteiger partial charge in [0.15, 0.2) is 0 Å². The van der Waals surface area contributed by atoms with Crippen LogP contribution in [0.3, 0.4) is 0 Å². The Labute approximate surface area is 103 Å². The van der Waals surface area contributed by atoms with E-state index < -0.39 is 0 Å². The summed E-state index contributed by atoms with van der Waals surface area (Å²) in [7, 11) is 0. The number of rotatable bonds is 2. The van der Waals surface area contributed by atoms with Crippen molar-refractivity contribution in [3.63, 3.8) is 0 Å². The molecule has 1 saturated carbocycles. The van der Waals surface area contributed by atoms with Crippen LogP contribution in [0.4, 0.5) is 0 Å². The van der Waals surface area contributed by atoms with E-state index in [1.807, 2.05) is 12.3 Å². The first kappa shape index (κ1) is 11.8. The monoisotopic (exact) mass is 236 g/mol. The van der Waals surface area contributed by atoms with E-state index in [1.54, 1.807) is 0 Å². The van der Waals surface area contributed by atoms with Crippen molar-refractivity contribution >= 4 is 12.2 Å². The maximum atomic E-state index is 5.14. The molecule has 2 rings (SSSR count). The molecule has 0 aliphatic heterocycles. The van der Waals surface area contributed by atoms with E-state index >= 15 is 0 Å². The van der Waals surface area contributed by atoms with Gasteiger partial charge >= 0.3 is 0 Å². The minimum absolute atomic E-state index is 0.595. The standard InChI is InChI=1S/C13H20N2S/c1-9(2)10-3-5-11(6-4-10)13-14-8-7-12(16)15-13/h7-11H,3-6H2,1-2H3,(H,14,15,16). The third-order valence-corrected chi connectivity index (χ3v) is 4.03. The number of aromatic nitrogens is 2. The molecule has 1 aliphatic carbocycles. The molecule has 1 aromatic rings. The summed E-state index contributed by atoms with van der Waals surface area (Å²) in [5.74, 6) is 3.42. The molecule has 0 amide bonds. The normalized spacial score (nSPS) is 25.9. The average molecular weight is 236 g/mol. The molecule has 0 radical (unpaired) electrons. The molecule has 1 fully saturated rings. The predicted octanol–water partition coefficient (Wildman–Crippen LogP) is 4.07. The van der Waals surface area contributed by atoms with Gasteiger partial charge in [-0.2, -0.15) is 0 Å². The Morgan fingerprint density at radius 1 is 1.31 bits per heavy atom. The van der Waals surface area contributed by atoms with E-state index in [9.17, 15) is 0 Å². The van der Waals surface area contributed by atoms with Gasteiger partial charge in [0, 0.05) is 12.1 Å². The van der Waals surface area contributed by atoms with Gasteiger partial charge in [0.1, 0.15) is 10.5 Å². The van der Waals surface area contributed by atoms with Crippen LogP contribution in [0.5, 0.6) is 0 Å². The van der Waals surface area contributed by atoms with Gasteiger partial charge in [-0.1, -0.05) is 26.1 Å². The molecule has 0 aromatic carbocycles. The zero-order valence-corrected chi connectivity index (χ0v) is 10.9. The fourth-order valence-electron chi connectivity index (χ4n) is 2.65. The van der Waals surface area contributed by atoms with Crippen LogP contribution in [0.1, 0.15) is 51.3 Å². The van der Waals surface area contributed by atoms with Crippen LogP contribution >= 0.6 is 12.2 Å². The minimum atomic E-state index is 0.595. The van der Waals surface area contributed by atoms with Crippen LogP contribution in [0.2, 0.25) is 0 Å². The molecule has 0 atom stereocenters. The molecular formula is C13H20N2S. The Bertz CT molecular complexity index is 389. The molecule has 0 saturated heterocycles. The molecule has 16 heavy (non-hydrogen) atoms. The fourth-order valence-corrected chi connectivity index (χ4v) is 2.82. The van der Waals surface area contributed by atoms with Crippen LogP contribution in [0, 0.1) is 16.5 Å². The molecule has 1 aromatic heterocycles. The molecule has 0 unspecified atom stereocenters. The van der Waals surface area contributed by atoms with E-state index in [1.165, 1.54) is 25.7 Å². The first-order valence-electron chi connectivity index (χ1n) is 6.22. The Kier molecular flexibility index (Phi) is 3.74. The van der Waals surface area contributed by atoms with Crippen LogP contribution < -0.4 is 0 Å². The maximum absolute atomic E-state index is 5.14. The van der Waals surface area contributed by atoms with Gasteiger partial charge in [-0.05, 0) is 43.6 Å². The van der Waals surface area contributed by atoms with E-state index in [4.69, 9.17) is 12.2 Å². The fraction of sp³-hybridized carbons (Fsp3) is 0.692. The van der Waals surface area contributed by atoms with Gasteiger partial charge in [0.05, 0.1) is 0 Å². The lowest BCUT2D eigenvalue weighted by Gasteiger charge is -2.30. The van der Waals surface area contributed by atoms with Crippen molar-refractivity contribution in [2.45, 2.75) is 45.4 Å². The highest BCUT2D eigenvalue weighted by atomic mass is 32.1. The van der Waals surface area contributed by atoms with Gasteiger partial charge in [-0.25, -0.2) is 4.98 Å². The summed E-state index contributed by atoms with van der Waals surface area (Å²) in [6, 6.07) is 1.85. The van der Waals surface area contributed by atoms with Crippen LogP contribution in [0.15, 0.2) is 12.3 Å². The van der Waals surface area contributed by atoms with Crippen LogP contribution in [0.25, 0.3) is 0 Å². The lowest BCUT2D eigenvalue weighted by molar-refractivity contribution is 0.254. The highest BCUT2D eigenvalue weighted by molar-refractivity contribution is 7.71. The highest BCUT2D eigenvalue weighted by Gasteiger charge is 2.25. The summed E-state index contributed by atoms with van der Waals surface area (Å²) in [5.41, 5.74) is 0. The van der Waals surface area contributed by atoms with Crippen molar-refractivity contribution in [1.82, 2.24) is 9.97 Å².